The molecule has 0 saturated heterocycles. The molecule has 10 aromatic rings. The van der Waals surface area contributed by atoms with Crippen molar-refractivity contribution in [1.29, 1.82) is 0 Å². The van der Waals surface area contributed by atoms with Crippen molar-refractivity contribution < 1.29 is 4.42 Å². The minimum Gasteiger partial charge on any atom is -0.456 e. The molecule has 0 fully saturated rings. The summed E-state index contributed by atoms with van der Waals surface area (Å²) in [5.41, 5.74) is 4.69. The van der Waals surface area contributed by atoms with Crippen LogP contribution in [0.3, 0.4) is 0 Å². The van der Waals surface area contributed by atoms with Crippen molar-refractivity contribution in [3.8, 4) is 34.2 Å². The average molecular weight is 600 g/mol. The zero-order chi connectivity index (χ0) is 30.9. The quantitative estimate of drug-likeness (QED) is 0.190. The van der Waals surface area contributed by atoms with Crippen LogP contribution in [0, 0.1) is 0 Å². The van der Waals surface area contributed by atoms with Gasteiger partial charge >= 0.3 is 0 Å². The lowest BCUT2D eigenvalue weighted by Gasteiger charge is -2.13. The first-order valence-corrected chi connectivity index (χ1v) is 15.8. The number of hydrogen-bond acceptors (Lipinski definition) is 4. The smallest absolute Gasteiger partial charge is 0.164 e. The maximum absolute atomic E-state index is 6.20. The van der Waals surface area contributed by atoms with Crippen molar-refractivity contribution in [3.05, 3.63) is 152 Å². The first-order valence-electron chi connectivity index (χ1n) is 15.8. The lowest BCUT2D eigenvalue weighted by Crippen LogP contribution is -2.01. The standard InChI is InChI=1S/C43H25N3O/c1-2-11-27(12-3-1)41-44-42(35-17-8-15-30-29-13-5-4-10-26(29)20-22-32(30)35)46-43(45-41)36-18-9-16-31-33(36)23-21-28-24-40-38(25-37(28)31)34-14-6-7-19-39(34)47-40/h1-25H. The van der Waals surface area contributed by atoms with Gasteiger partial charge in [-0.3, -0.25) is 0 Å². The van der Waals surface area contributed by atoms with E-state index >= 15 is 0 Å². The number of fused-ring (bicyclic) bond motifs is 9. The molecule has 0 N–H and O–H groups in total. The molecule has 0 saturated carbocycles. The summed E-state index contributed by atoms with van der Waals surface area (Å²) < 4.78 is 6.20. The highest BCUT2D eigenvalue weighted by molar-refractivity contribution is 6.18. The zero-order valence-corrected chi connectivity index (χ0v) is 25.2. The van der Waals surface area contributed by atoms with Crippen molar-refractivity contribution in [2.75, 3.05) is 0 Å². The molecular formula is C43H25N3O. The molecule has 2 aromatic heterocycles. The van der Waals surface area contributed by atoms with Crippen LogP contribution in [0.25, 0.3) is 99.2 Å². The number of nitrogens with zero attached hydrogens (tertiary/aromatic N) is 3. The minimum atomic E-state index is 0.645. The number of aromatic nitrogens is 3. The third kappa shape index (κ3) is 4.05. The summed E-state index contributed by atoms with van der Waals surface area (Å²) >= 11 is 0. The number of furan rings is 1. The highest BCUT2D eigenvalue weighted by Gasteiger charge is 2.17. The Morgan fingerprint density at radius 1 is 0.319 bits per heavy atom. The molecule has 0 bridgehead atoms. The average Bonchev–Trinajstić information content (AvgIpc) is 3.51. The highest BCUT2D eigenvalue weighted by atomic mass is 16.3. The Labute approximate surface area is 269 Å². The third-order valence-electron chi connectivity index (χ3n) is 9.31. The molecule has 0 radical (unpaired) electrons. The van der Waals surface area contributed by atoms with Crippen molar-refractivity contribution in [1.82, 2.24) is 15.0 Å². The Morgan fingerprint density at radius 3 is 1.68 bits per heavy atom. The fourth-order valence-electron chi connectivity index (χ4n) is 7.07. The fourth-order valence-corrected chi connectivity index (χ4v) is 7.07. The molecule has 0 aliphatic carbocycles. The number of hydrogen-bond donors (Lipinski definition) is 0. The lowest BCUT2D eigenvalue weighted by molar-refractivity contribution is 0.669. The summed E-state index contributed by atoms with van der Waals surface area (Å²) in [5, 5.41) is 11.5. The van der Waals surface area contributed by atoms with Crippen LogP contribution in [0.1, 0.15) is 0 Å². The van der Waals surface area contributed by atoms with Crippen LogP contribution < -0.4 is 0 Å². The Morgan fingerprint density at radius 2 is 0.915 bits per heavy atom. The molecule has 47 heavy (non-hydrogen) atoms. The molecule has 0 spiro atoms. The van der Waals surface area contributed by atoms with Gasteiger partial charge < -0.3 is 4.42 Å². The Bertz CT molecular complexity index is 2850. The van der Waals surface area contributed by atoms with E-state index in [2.05, 4.69) is 121 Å². The van der Waals surface area contributed by atoms with E-state index in [1.165, 1.54) is 21.5 Å². The molecule has 0 unspecified atom stereocenters. The molecule has 0 aliphatic rings. The van der Waals surface area contributed by atoms with Gasteiger partial charge in [-0.1, -0.05) is 133 Å². The minimum absolute atomic E-state index is 0.645. The number of benzene rings is 8. The summed E-state index contributed by atoms with van der Waals surface area (Å²) in [4.78, 5) is 15.4. The van der Waals surface area contributed by atoms with Gasteiger partial charge in [-0.15, -0.1) is 0 Å². The SMILES string of the molecule is c1ccc(-c2nc(-c3cccc4c3ccc3ccccc34)nc(-c3cccc4c3ccc3cc5oc6ccccc6c5cc34)n2)cc1. The summed E-state index contributed by atoms with van der Waals surface area (Å²) in [5.74, 6) is 1.94. The molecule has 0 amide bonds. The van der Waals surface area contributed by atoms with E-state index in [1.54, 1.807) is 0 Å². The van der Waals surface area contributed by atoms with Crippen LogP contribution in [-0.4, -0.2) is 15.0 Å². The van der Waals surface area contributed by atoms with E-state index in [0.717, 1.165) is 60.2 Å². The number of para-hydroxylation sites is 1. The predicted molar refractivity (Wildman–Crippen MR) is 193 cm³/mol. The zero-order valence-electron chi connectivity index (χ0n) is 25.2. The third-order valence-corrected chi connectivity index (χ3v) is 9.31. The summed E-state index contributed by atoms with van der Waals surface area (Å²) in [6.07, 6.45) is 0. The van der Waals surface area contributed by atoms with Gasteiger partial charge in [-0.05, 0) is 61.3 Å². The van der Waals surface area contributed by atoms with Crippen LogP contribution in [0.2, 0.25) is 0 Å². The van der Waals surface area contributed by atoms with Crippen molar-refractivity contribution in [3.63, 3.8) is 0 Å². The van der Waals surface area contributed by atoms with Crippen LogP contribution in [0.4, 0.5) is 0 Å². The topological polar surface area (TPSA) is 51.8 Å². The van der Waals surface area contributed by atoms with Crippen molar-refractivity contribution in [2.45, 2.75) is 0 Å². The molecule has 0 atom stereocenters. The maximum Gasteiger partial charge on any atom is 0.164 e. The number of rotatable bonds is 3. The van der Waals surface area contributed by atoms with Gasteiger partial charge in [0.15, 0.2) is 17.5 Å². The predicted octanol–water partition coefficient (Wildman–Crippen LogP) is 11.4. The van der Waals surface area contributed by atoms with Crippen LogP contribution in [-0.2, 0) is 0 Å². The van der Waals surface area contributed by atoms with Gasteiger partial charge in [-0.25, -0.2) is 15.0 Å². The Balaban J connectivity index is 1.23. The molecule has 8 aromatic carbocycles. The molecule has 10 rings (SSSR count). The molecule has 2 heterocycles. The van der Waals surface area contributed by atoms with Gasteiger partial charge in [-0.2, -0.15) is 0 Å². The second kappa shape index (κ2) is 10.1. The van der Waals surface area contributed by atoms with E-state index in [1.807, 2.05) is 30.3 Å². The molecule has 0 aliphatic heterocycles. The summed E-state index contributed by atoms with van der Waals surface area (Å²) in [7, 11) is 0. The monoisotopic (exact) mass is 599 g/mol. The summed E-state index contributed by atoms with van der Waals surface area (Å²) in [6, 6.07) is 52.8. The van der Waals surface area contributed by atoms with Gasteiger partial charge in [0.1, 0.15) is 11.2 Å². The summed E-state index contributed by atoms with van der Waals surface area (Å²) in [6.45, 7) is 0. The van der Waals surface area contributed by atoms with Crippen molar-refractivity contribution >= 4 is 65.0 Å². The maximum atomic E-state index is 6.20. The molecule has 4 heteroatoms. The Kier molecular flexibility index (Phi) is 5.54. The first kappa shape index (κ1) is 25.9. The second-order valence-corrected chi connectivity index (χ2v) is 12.0. The molecule has 218 valence electrons. The van der Waals surface area contributed by atoms with Crippen molar-refractivity contribution in [2.24, 2.45) is 0 Å². The van der Waals surface area contributed by atoms with Gasteiger partial charge in [0, 0.05) is 27.5 Å². The Hall–Kier alpha value is -6.39. The van der Waals surface area contributed by atoms with E-state index in [-0.39, 0.29) is 0 Å². The van der Waals surface area contributed by atoms with Gasteiger partial charge in [0.2, 0.25) is 0 Å². The highest BCUT2D eigenvalue weighted by Crippen LogP contribution is 2.38. The van der Waals surface area contributed by atoms with Crippen LogP contribution in [0.5, 0.6) is 0 Å². The fraction of sp³-hybridized carbons (Fsp3) is 0. The van der Waals surface area contributed by atoms with Crippen LogP contribution >= 0.6 is 0 Å². The van der Waals surface area contributed by atoms with E-state index in [0.29, 0.717) is 17.5 Å². The van der Waals surface area contributed by atoms with Crippen LogP contribution in [0.15, 0.2) is 156 Å². The van der Waals surface area contributed by atoms with E-state index in [9.17, 15) is 0 Å². The van der Waals surface area contributed by atoms with E-state index in [4.69, 9.17) is 19.4 Å². The largest absolute Gasteiger partial charge is 0.456 e. The molecular weight excluding hydrogens is 574 g/mol. The first-order chi connectivity index (χ1) is 23.3. The van der Waals surface area contributed by atoms with Gasteiger partial charge in [0.05, 0.1) is 0 Å². The lowest BCUT2D eigenvalue weighted by atomic mass is 9.96. The second-order valence-electron chi connectivity index (χ2n) is 12.0. The normalized spacial score (nSPS) is 11.8. The van der Waals surface area contributed by atoms with E-state index < -0.39 is 0 Å². The van der Waals surface area contributed by atoms with Gasteiger partial charge in [0.25, 0.3) is 0 Å². The molecule has 4 nitrogen and oxygen atoms in total.